The number of primary amides is 1. The highest BCUT2D eigenvalue weighted by atomic mass is 16.1. The van der Waals surface area contributed by atoms with Crippen molar-refractivity contribution >= 4 is 5.91 Å². The largest absolute Gasteiger partial charge is 0.369 e. The first-order valence-corrected chi connectivity index (χ1v) is 4.74. The number of carbonyl (C=O) groups is 1. The molecule has 0 aliphatic carbocycles. The van der Waals surface area contributed by atoms with Crippen LogP contribution in [0.5, 0.6) is 0 Å². The zero-order chi connectivity index (χ0) is 10.4. The Morgan fingerprint density at radius 2 is 2.07 bits per heavy atom. The predicted molar refractivity (Wildman–Crippen MR) is 56.5 cm³/mol. The van der Waals surface area contributed by atoms with Crippen LogP contribution in [0.4, 0.5) is 0 Å². The molecule has 0 spiro atoms. The Balaban J connectivity index is 2.26. The molecule has 0 saturated heterocycles. The number of nitrogens with two attached hydrogens (primary N) is 1. The van der Waals surface area contributed by atoms with Gasteiger partial charge in [-0.25, -0.2) is 0 Å². The first-order valence-electron chi connectivity index (χ1n) is 4.74. The van der Waals surface area contributed by atoms with Crippen molar-refractivity contribution in [2.24, 2.45) is 11.7 Å². The van der Waals surface area contributed by atoms with Gasteiger partial charge in [0.1, 0.15) is 0 Å². The van der Waals surface area contributed by atoms with Gasteiger partial charge in [0.05, 0.1) is 0 Å². The molecule has 3 N–H and O–H groups in total. The molecule has 0 aromatic heterocycles. The van der Waals surface area contributed by atoms with Crippen LogP contribution in [0.1, 0.15) is 12.5 Å². The van der Waals surface area contributed by atoms with Crippen LogP contribution in [0.2, 0.25) is 0 Å². The zero-order valence-corrected chi connectivity index (χ0v) is 8.36. The van der Waals surface area contributed by atoms with Gasteiger partial charge >= 0.3 is 0 Å². The summed E-state index contributed by atoms with van der Waals surface area (Å²) in [5.74, 6) is -0.371. The fourth-order valence-electron chi connectivity index (χ4n) is 1.13. The lowest BCUT2D eigenvalue weighted by atomic mass is 10.1. The second kappa shape index (κ2) is 5.40. The van der Waals surface area contributed by atoms with E-state index in [1.54, 1.807) is 0 Å². The van der Waals surface area contributed by atoms with Gasteiger partial charge < -0.3 is 11.1 Å². The first-order chi connectivity index (χ1) is 6.70. The van der Waals surface area contributed by atoms with Gasteiger partial charge in [-0.15, -0.1) is 0 Å². The quantitative estimate of drug-likeness (QED) is 0.728. The number of hydrogen-bond donors (Lipinski definition) is 2. The Labute approximate surface area is 84.3 Å². The van der Waals surface area contributed by atoms with E-state index in [4.69, 9.17) is 5.73 Å². The van der Waals surface area contributed by atoms with Gasteiger partial charge in [-0.3, -0.25) is 4.79 Å². The molecule has 1 amide bonds. The van der Waals surface area contributed by atoms with E-state index in [0.29, 0.717) is 6.54 Å². The lowest BCUT2D eigenvalue weighted by molar-refractivity contribution is -0.121. The number of carbonyl (C=O) groups excluding carboxylic acids is 1. The molecule has 76 valence electrons. The second-order valence-corrected chi connectivity index (χ2v) is 3.42. The molecule has 1 aromatic rings. The molecule has 0 aliphatic rings. The molecular weight excluding hydrogens is 176 g/mol. The summed E-state index contributed by atoms with van der Waals surface area (Å²) in [6, 6.07) is 10.1. The Hall–Kier alpha value is -1.35. The third-order valence-corrected chi connectivity index (χ3v) is 2.11. The van der Waals surface area contributed by atoms with Crippen molar-refractivity contribution in [3.05, 3.63) is 35.9 Å². The van der Waals surface area contributed by atoms with Crippen LogP contribution in [0.25, 0.3) is 0 Å². The Kier molecular flexibility index (Phi) is 4.13. The molecule has 1 aromatic carbocycles. The molecule has 3 nitrogen and oxygen atoms in total. The average molecular weight is 192 g/mol. The minimum atomic E-state index is -0.259. The molecular formula is C11H16N2O. The minimum Gasteiger partial charge on any atom is -0.369 e. The Morgan fingerprint density at radius 1 is 1.43 bits per heavy atom. The summed E-state index contributed by atoms with van der Waals surface area (Å²) in [5, 5.41) is 3.18. The molecule has 0 heterocycles. The highest BCUT2D eigenvalue weighted by Crippen LogP contribution is 1.98. The number of hydrogen-bond acceptors (Lipinski definition) is 2. The number of amides is 1. The average Bonchev–Trinajstić information content (AvgIpc) is 2.19. The Bertz CT molecular complexity index is 285. The standard InChI is InChI=1S/C11H16N2O/c1-9(11(12)14)7-13-8-10-5-3-2-4-6-10/h2-6,9,13H,7-8H2,1H3,(H2,12,14). The van der Waals surface area contributed by atoms with Crippen molar-refractivity contribution in [3.8, 4) is 0 Å². The van der Waals surface area contributed by atoms with Crippen LogP contribution in [0.15, 0.2) is 30.3 Å². The minimum absolute atomic E-state index is 0.112. The van der Waals surface area contributed by atoms with Crippen LogP contribution in [0.3, 0.4) is 0 Å². The van der Waals surface area contributed by atoms with Crippen LogP contribution in [-0.2, 0) is 11.3 Å². The van der Waals surface area contributed by atoms with Crippen molar-refractivity contribution in [1.29, 1.82) is 0 Å². The SMILES string of the molecule is CC(CNCc1ccccc1)C(N)=O. The molecule has 0 saturated carbocycles. The molecule has 1 rings (SSSR count). The van der Waals surface area contributed by atoms with Crippen molar-refractivity contribution in [2.75, 3.05) is 6.54 Å². The van der Waals surface area contributed by atoms with E-state index in [1.165, 1.54) is 5.56 Å². The summed E-state index contributed by atoms with van der Waals surface area (Å²) < 4.78 is 0. The van der Waals surface area contributed by atoms with Gasteiger partial charge in [0.15, 0.2) is 0 Å². The van der Waals surface area contributed by atoms with E-state index in [2.05, 4.69) is 5.32 Å². The fourth-order valence-corrected chi connectivity index (χ4v) is 1.13. The Morgan fingerprint density at radius 3 is 2.64 bits per heavy atom. The van der Waals surface area contributed by atoms with E-state index in [1.807, 2.05) is 37.3 Å². The van der Waals surface area contributed by atoms with E-state index in [0.717, 1.165) is 6.54 Å². The summed E-state index contributed by atoms with van der Waals surface area (Å²) in [4.78, 5) is 10.7. The molecule has 1 unspecified atom stereocenters. The summed E-state index contributed by atoms with van der Waals surface area (Å²) in [6.07, 6.45) is 0. The second-order valence-electron chi connectivity index (χ2n) is 3.42. The zero-order valence-electron chi connectivity index (χ0n) is 8.36. The maximum Gasteiger partial charge on any atom is 0.221 e. The van der Waals surface area contributed by atoms with Crippen LogP contribution in [0, 0.1) is 5.92 Å². The van der Waals surface area contributed by atoms with Gasteiger partial charge in [0.2, 0.25) is 5.91 Å². The van der Waals surface area contributed by atoms with Gasteiger partial charge in [0.25, 0.3) is 0 Å². The lowest BCUT2D eigenvalue weighted by Crippen LogP contribution is -2.30. The van der Waals surface area contributed by atoms with E-state index >= 15 is 0 Å². The van der Waals surface area contributed by atoms with Crippen LogP contribution in [-0.4, -0.2) is 12.5 Å². The number of rotatable bonds is 5. The highest BCUT2D eigenvalue weighted by Gasteiger charge is 2.06. The molecule has 0 bridgehead atoms. The summed E-state index contributed by atoms with van der Waals surface area (Å²) in [7, 11) is 0. The van der Waals surface area contributed by atoms with Crippen LogP contribution >= 0.6 is 0 Å². The van der Waals surface area contributed by atoms with Crippen LogP contribution < -0.4 is 11.1 Å². The van der Waals surface area contributed by atoms with Crippen molar-refractivity contribution in [2.45, 2.75) is 13.5 Å². The molecule has 0 radical (unpaired) electrons. The van der Waals surface area contributed by atoms with E-state index in [-0.39, 0.29) is 11.8 Å². The maximum absolute atomic E-state index is 10.7. The van der Waals surface area contributed by atoms with Crippen molar-refractivity contribution < 1.29 is 4.79 Å². The van der Waals surface area contributed by atoms with E-state index < -0.39 is 0 Å². The van der Waals surface area contributed by atoms with Crippen molar-refractivity contribution in [1.82, 2.24) is 5.32 Å². The third-order valence-electron chi connectivity index (χ3n) is 2.11. The highest BCUT2D eigenvalue weighted by molar-refractivity contribution is 5.76. The number of nitrogens with one attached hydrogen (secondary N) is 1. The summed E-state index contributed by atoms with van der Waals surface area (Å²) in [5.41, 5.74) is 6.35. The smallest absolute Gasteiger partial charge is 0.221 e. The van der Waals surface area contributed by atoms with Gasteiger partial charge in [-0.2, -0.15) is 0 Å². The first kappa shape index (κ1) is 10.7. The molecule has 3 heteroatoms. The maximum atomic E-state index is 10.7. The van der Waals surface area contributed by atoms with E-state index in [9.17, 15) is 4.79 Å². The molecule has 1 atom stereocenters. The van der Waals surface area contributed by atoms with Crippen molar-refractivity contribution in [3.63, 3.8) is 0 Å². The molecule has 0 aliphatic heterocycles. The van der Waals surface area contributed by atoms with Gasteiger partial charge in [0, 0.05) is 19.0 Å². The monoisotopic (exact) mass is 192 g/mol. The topological polar surface area (TPSA) is 55.1 Å². The third kappa shape index (κ3) is 3.58. The number of benzene rings is 1. The van der Waals surface area contributed by atoms with Gasteiger partial charge in [-0.1, -0.05) is 37.3 Å². The fraction of sp³-hybridized carbons (Fsp3) is 0.364. The molecule has 0 fully saturated rings. The van der Waals surface area contributed by atoms with Gasteiger partial charge in [-0.05, 0) is 5.56 Å². The summed E-state index contributed by atoms with van der Waals surface area (Å²) in [6.45, 7) is 3.23. The predicted octanol–water partition coefficient (Wildman–Crippen LogP) is 0.898. The molecule has 14 heavy (non-hydrogen) atoms. The normalized spacial score (nSPS) is 12.4. The summed E-state index contributed by atoms with van der Waals surface area (Å²) >= 11 is 0. The lowest BCUT2D eigenvalue weighted by Gasteiger charge is -2.08.